The predicted molar refractivity (Wildman–Crippen MR) is 50.2 cm³/mol. The molecule has 1 amide bonds. The number of H-pyrrole nitrogens is 2. The van der Waals surface area contributed by atoms with E-state index in [1.165, 1.54) is 6.07 Å². The molecule has 2 rings (SSSR count). The third kappa shape index (κ3) is 3.52. The van der Waals surface area contributed by atoms with E-state index < -0.39 is 0 Å². The summed E-state index contributed by atoms with van der Waals surface area (Å²) in [5.41, 5.74) is -0.0880. The molecule has 0 aromatic carbocycles. The second-order valence-electron chi connectivity index (χ2n) is 2.20. The van der Waals surface area contributed by atoms with Gasteiger partial charge in [0.2, 0.25) is 5.91 Å². The first-order valence-electron chi connectivity index (χ1n) is 3.48. The van der Waals surface area contributed by atoms with Crippen LogP contribution in [0.25, 0.3) is 0 Å². The van der Waals surface area contributed by atoms with Crippen LogP contribution < -0.4 is 16.2 Å². The molecule has 1 fully saturated rings. The average molecular weight is 200 g/mol. The van der Waals surface area contributed by atoms with Crippen LogP contribution >= 0.6 is 12.2 Å². The zero-order valence-electron chi connectivity index (χ0n) is 6.59. The van der Waals surface area contributed by atoms with E-state index in [-0.39, 0.29) is 11.5 Å². The second kappa shape index (κ2) is 4.41. The van der Waals surface area contributed by atoms with Crippen molar-refractivity contribution in [2.24, 2.45) is 0 Å². The van der Waals surface area contributed by atoms with Crippen molar-refractivity contribution in [3.63, 3.8) is 0 Å². The molecule has 70 valence electrons. The van der Waals surface area contributed by atoms with Gasteiger partial charge in [0.1, 0.15) is 0 Å². The fourth-order valence-corrected chi connectivity index (χ4v) is 0.833. The minimum absolute atomic E-state index is 0.0509. The summed E-state index contributed by atoms with van der Waals surface area (Å²) in [5.74, 6) is -0.0509. The maximum Gasteiger partial charge on any atom is 0.263 e. The van der Waals surface area contributed by atoms with Gasteiger partial charge < -0.3 is 15.7 Å². The lowest BCUT2D eigenvalue weighted by Crippen LogP contribution is -2.21. The van der Waals surface area contributed by atoms with Crippen LogP contribution in [0.3, 0.4) is 0 Å². The van der Waals surface area contributed by atoms with Crippen LogP contribution in [0, 0.1) is 0 Å². The summed E-state index contributed by atoms with van der Waals surface area (Å²) >= 11 is 4.55. The molecule has 1 saturated heterocycles. The maximum atomic E-state index is 10.2. The molecule has 2 heterocycles. The highest BCUT2D eigenvalue weighted by molar-refractivity contribution is 7.80. The summed E-state index contributed by atoms with van der Waals surface area (Å²) in [6.45, 7) is 0.332. The van der Waals surface area contributed by atoms with Crippen molar-refractivity contribution in [3.05, 3.63) is 22.6 Å². The lowest BCUT2D eigenvalue weighted by Gasteiger charge is -1.83. The molecule has 13 heavy (non-hydrogen) atoms. The standard InChI is InChI=1S/C3H4N2OS.C3H4N2O/c6-2-1-4-3(7)5-2;6-3-1-2-4-5-3/h1H2,(H2,4,5,6,7);1-2H,(H2,4,5,6). The monoisotopic (exact) mass is 200 g/mol. The van der Waals surface area contributed by atoms with Crippen LogP contribution in [0.5, 0.6) is 0 Å². The van der Waals surface area contributed by atoms with Gasteiger partial charge in [-0.15, -0.1) is 0 Å². The summed E-state index contributed by atoms with van der Waals surface area (Å²) in [7, 11) is 0. The molecule has 0 spiro atoms. The molecule has 0 aliphatic carbocycles. The third-order valence-electron chi connectivity index (χ3n) is 1.18. The van der Waals surface area contributed by atoms with E-state index >= 15 is 0 Å². The molecule has 0 saturated carbocycles. The Labute approximate surface area is 78.7 Å². The quantitative estimate of drug-likeness (QED) is 0.392. The molecule has 1 aromatic rings. The summed E-state index contributed by atoms with van der Waals surface area (Å²) < 4.78 is 0. The normalized spacial score (nSPS) is 14.2. The van der Waals surface area contributed by atoms with Crippen molar-refractivity contribution >= 4 is 23.2 Å². The van der Waals surface area contributed by atoms with E-state index in [1.807, 2.05) is 0 Å². The van der Waals surface area contributed by atoms with E-state index in [1.54, 1.807) is 6.20 Å². The highest BCUT2D eigenvalue weighted by atomic mass is 32.1. The highest BCUT2D eigenvalue weighted by Gasteiger charge is 2.10. The minimum atomic E-state index is -0.0880. The summed E-state index contributed by atoms with van der Waals surface area (Å²) in [6.07, 6.45) is 1.54. The zero-order valence-corrected chi connectivity index (χ0v) is 7.40. The summed E-state index contributed by atoms with van der Waals surface area (Å²) in [6, 6.07) is 1.42. The van der Waals surface area contributed by atoms with Gasteiger partial charge >= 0.3 is 0 Å². The second-order valence-corrected chi connectivity index (χ2v) is 2.61. The van der Waals surface area contributed by atoms with Crippen LogP contribution in [0.15, 0.2) is 17.1 Å². The zero-order chi connectivity index (χ0) is 9.68. The van der Waals surface area contributed by atoms with E-state index in [4.69, 9.17) is 0 Å². The Hall–Kier alpha value is -1.63. The molecule has 0 atom stereocenters. The van der Waals surface area contributed by atoms with E-state index in [0.29, 0.717) is 11.7 Å². The molecule has 0 radical (unpaired) electrons. The number of aromatic amines is 2. The highest BCUT2D eigenvalue weighted by Crippen LogP contribution is 1.75. The Balaban J connectivity index is 0.000000132. The van der Waals surface area contributed by atoms with Gasteiger partial charge in [0.25, 0.3) is 5.56 Å². The number of aromatic nitrogens is 2. The molecule has 0 unspecified atom stereocenters. The first-order valence-corrected chi connectivity index (χ1v) is 3.89. The van der Waals surface area contributed by atoms with Crippen LogP contribution in [0.2, 0.25) is 0 Å². The number of thiocarbonyl (C=S) groups is 1. The van der Waals surface area contributed by atoms with Gasteiger partial charge in [-0.25, -0.2) is 0 Å². The molecule has 6 nitrogen and oxygen atoms in total. The molecule has 4 N–H and O–H groups in total. The van der Waals surface area contributed by atoms with Gasteiger partial charge in [0, 0.05) is 12.3 Å². The first kappa shape index (κ1) is 9.46. The van der Waals surface area contributed by atoms with Gasteiger partial charge in [0.15, 0.2) is 5.11 Å². The fraction of sp³-hybridized carbons (Fsp3) is 0.167. The van der Waals surface area contributed by atoms with Gasteiger partial charge in [-0.05, 0) is 12.2 Å². The molecular formula is C6H8N4O2S. The summed E-state index contributed by atoms with van der Waals surface area (Å²) in [4.78, 5) is 20.2. The van der Waals surface area contributed by atoms with Crippen LogP contribution in [-0.2, 0) is 4.79 Å². The van der Waals surface area contributed by atoms with Gasteiger partial charge in [-0.2, -0.15) is 0 Å². The van der Waals surface area contributed by atoms with Gasteiger partial charge in [-0.3, -0.25) is 14.7 Å². The van der Waals surface area contributed by atoms with Crippen LogP contribution in [-0.4, -0.2) is 27.8 Å². The minimum Gasteiger partial charge on any atom is -0.353 e. The van der Waals surface area contributed by atoms with Crippen LogP contribution in [0.1, 0.15) is 0 Å². The Morgan fingerprint density at radius 1 is 1.38 bits per heavy atom. The van der Waals surface area contributed by atoms with E-state index in [9.17, 15) is 9.59 Å². The van der Waals surface area contributed by atoms with E-state index in [0.717, 1.165) is 0 Å². The maximum absolute atomic E-state index is 10.2. The van der Waals surface area contributed by atoms with Crippen molar-refractivity contribution in [3.8, 4) is 0 Å². The SMILES string of the molecule is O=C1CNC(=S)N1.O=c1cc[nH][nH]1. The Bertz CT molecular complexity index is 325. The van der Waals surface area contributed by atoms with Gasteiger partial charge in [0.05, 0.1) is 6.54 Å². The molecule has 7 heteroatoms. The predicted octanol–water partition coefficient (Wildman–Crippen LogP) is -1.31. The fourth-order valence-electron chi connectivity index (χ4n) is 0.647. The van der Waals surface area contributed by atoms with Crippen molar-refractivity contribution in [1.82, 2.24) is 20.8 Å². The number of amides is 1. The molecule has 1 aliphatic rings. The van der Waals surface area contributed by atoms with Crippen molar-refractivity contribution < 1.29 is 4.79 Å². The molecule has 1 aromatic heterocycles. The van der Waals surface area contributed by atoms with E-state index in [2.05, 4.69) is 33.0 Å². The number of carbonyl (C=O) groups is 1. The smallest absolute Gasteiger partial charge is 0.263 e. The number of carbonyl (C=O) groups excluding carboxylic acids is 1. The Kier molecular flexibility index (Phi) is 3.21. The van der Waals surface area contributed by atoms with Crippen molar-refractivity contribution in [2.45, 2.75) is 0 Å². The lowest BCUT2D eigenvalue weighted by atomic mass is 10.7. The van der Waals surface area contributed by atoms with Crippen molar-refractivity contribution in [2.75, 3.05) is 6.54 Å². The number of hydrogen-bond acceptors (Lipinski definition) is 3. The molecule has 0 bridgehead atoms. The van der Waals surface area contributed by atoms with Gasteiger partial charge in [-0.1, -0.05) is 0 Å². The average Bonchev–Trinajstić information content (AvgIpc) is 2.64. The Morgan fingerprint density at radius 3 is 2.31 bits per heavy atom. The summed E-state index contributed by atoms with van der Waals surface area (Å²) in [5, 5.41) is 10.3. The Morgan fingerprint density at radius 2 is 2.15 bits per heavy atom. The molecular weight excluding hydrogens is 192 g/mol. The lowest BCUT2D eigenvalue weighted by molar-refractivity contribution is -0.117. The topological polar surface area (TPSA) is 89.8 Å². The van der Waals surface area contributed by atoms with Crippen molar-refractivity contribution in [1.29, 1.82) is 0 Å². The number of hydrogen-bond donors (Lipinski definition) is 4. The largest absolute Gasteiger partial charge is 0.353 e. The van der Waals surface area contributed by atoms with Crippen LogP contribution in [0.4, 0.5) is 0 Å². The first-order chi connectivity index (χ1) is 6.18. The number of rotatable bonds is 0. The third-order valence-corrected chi connectivity index (χ3v) is 1.42. The number of nitrogens with one attached hydrogen (secondary N) is 4. The molecule has 1 aliphatic heterocycles.